The van der Waals surface area contributed by atoms with Crippen molar-refractivity contribution < 1.29 is 4.42 Å². The van der Waals surface area contributed by atoms with Gasteiger partial charge in [-0.15, -0.1) is 0 Å². The number of fused-ring (bicyclic) bond motifs is 6. The molecule has 2 nitrogen and oxygen atoms in total. The van der Waals surface area contributed by atoms with Gasteiger partial charge in [0.25, 0.3) is 0 Å². The topological polar surface area (TPSA) is 16.4 Å². The lowest BCUT2D eigenvalue weighted by Gasteiger charge is -2.30. The molecule has 2 heteroatoms. The molecule has 53 heavy (non-hydrogen) atoms. The lowest BCUT2D eigenvalue weighted by molar-refractivity contribution is 0.660. The Labute approximate surface area is 310 Å². The second kappa shape index (κ2) is 12.3. The Morgan fingerprint density at radius 3 is 1.77 bits per heavy atom. The summed E-state index contributed by atoms with van der Waals surface area (Å²) in [5.41, 5.74) is 17.4. The number of anilines is 3. The van der Waals surface area contributed by atoms with Crippen LogP contribution in [0, 0.1) is 0 Å². The number of nitrogens with zero attached hydrogens (tertiary/aromatic N) is 1. The number of hydrogen-bond acceptors (Lipinski definition) is 2. The van der Waals surface area contributed by atoms with Gasteiger partial charge in [0.15, 0.2) is 0 Å². The number of para-hydroxylation sites is 1. The summed E-state index contributed by atoms with van der Waals surface area (Å²) in [5, 5.41) is 2.19. The van der Waals surface area contributed by atoms with Crippen LogP contribution in [0.2, 0.25) is 0 Å². The van der Waals surface area contributed by atoms with E-state index in [2.05, 4.69) is 201 Å². The predicted octanol–water partition coefficient (Wildman–Crippen LogP) is 14.4. The summed E-state index contributed by atoms with van der Waals surface area (Å²) < 4.78 is 6.50. The molecule has 0 amide bonds. The Kier molecular flexibility index (Phi) is 7.19. The van der Waals surface area contributed by atoms with E-state index in [1.807, 2.05) is 6.07 Å². The monoisotopic (exact) mass is 679 g/mol. The van der Waals surface area contributed by atoms with Crippen LogP contribution < -0.4 is 4.90 Å². The van der Waals surface area contributed by atoms with E-state index in [4.69, 9.17) is 4.42 Å². The van der Waals surface area contributed by atoms with Crippen molar-refractivity contribution in [3.63, 3.8) is 0 Å². The van der Waals surface area contributed by atoms with Crippen LogP contribution in [0.4, 0.5) is 17.1 Å². The molecule has 0 unspecified atom stereocenters. The van der Waals surface area contributed by atoms with Gasteiger partial charge in [0, 0.05) is 22.1 Å². The summed E-state index contributed by atoms with van der Waals surface area (Å²) in [6.07, 6.45) is 0. The summed E-state index contributed by atoms with van der Waals surface area (Å²) in [6, 6.07) is 67.9. The average Bonchev–Trinajstić information content (AvgIpc) is 3.71. The van der Waals surface area contributed by atoms with Crippen molar-refractivity contribution in [2.75, 3.05) is 4.90 Å². The lowest BCUT2D eigenvalue weighted by atomic mass is 9.81. The quantitative estimate of drug-likeness (QED) is 0.174. The van der Waals surface area contributed by atoms with Crippen LogP contribution in [0.15, 0.2) is 192 Å². The summed E-state index contributed by atoms with van der Waals surface area (Å²) in [5.74, 6) is 0. The lowest BCUT2D eigenvalue weighted by Crippen LogP contribution is -2.15. The van der Waals surface area contributed by atoms with Gasteiger partial charge in [-0.05, 0) is 86.5 Å². The van der Waals surface area contributed by atoms with Crippen LogP contribution in [-0.2, 0) is 5.41 Å². The van der Waals surface area contributed by atoms with E-state index >= 15 is 0 Å². The summed E-state index contributed by atoms with van der Waals surface area (Å²) in [7, 11) is 0. The standard InChI is InChI=1S/C51H37NO/c1-51(2)42-24-11-9-20-39(42)48-41(23-13-25-43(48)51)49-38(36-18-7-4-8-19-36)22-14-26-44(49)52(37-32-30-35(31-33-37)34-16-5-3-6-17-34)45-27-15-29-47-50(45)40-21-10-12-28-46(40)53-47/h3-33H,1-2H3. The van der Waals surface area contributed by atoms with E-state index in [-0.39, 0.29) is 5.41 Å². The highest BCUT2D eigenvalue weighted by Crippen LogP contribution is 2.56. The fourth-order valence-corrected chi connectivity index (χ4v) is 8.61. The van der Waals surface area contributed by atoms with Crippen molar-refractivity contribution in [2.45, 2.75) is 19.3 Å². The first kappa shape index (κ1) is 31.1. The minimum Gasteiger partial charge on any atom is -0.456 e. The van der Waals surface area contributed by atoms with Crippen molar-refractivity contribution >= 4 is 39.0 Å². The number of benzene rings is 8. The van der Waals surface area contributed by atoms with Crippen LogP contribution >= 0.6 is 0 Å². The zero-order valence-electron chi connectivity index (χ0n) is 29.8. The van der Waals surface area contributed by atoms with Crippen LogP contribution in [0.25, 0.3) is 66.4 Å². The van der Waals surface area contributed by atoms with E-state index in [1.54, 1.807) is 0 Å². The van der Waals surface area contributed by atoms with Gasteiger partial charge in [0.2, 0.25) is 0 Å². The van der Waals surface area contributed by atoms with Crippen molar-refractivity contribution in [3.05, 3.63) is 199 Å². The molecule has 1 aliphatic carbocycles. The molecule has 10 rings (SSSR count). The molecule has 0 bridgehead atoms. The third-order valence-electron chi connectivity index (χ3n) is 11.1. The highest BCUT2D eigenvalue weighted by atomic mass is 16.3. The summed E-state index contributed by atoms with van der Waals surface area (Å²) >= 11 is 0. The minimum absolute atomic E-state index is 0.127. The molecule has 0 N–H and O–H groups in total. The van der Waals surface area contributed by atoms with Gasteiger partial charge in [-0.2, -0.15) is 0 Å². The van der Waals surface area contributed by atoms with Crippen LogP contribution in [-0.4, -0.2) is 0 Å². The van der Waals surface area contributed by atoms with E-state index in [0.717, 1.165) is 39.0 Å². The Hall–Kier alpha value is -6.64. The highest BCUT2D eigenvalue weighted by Gasteiger charge is 2.37. The fraction of sp³-hybridized carbons (Fsp3) is 0.0588. The first-order chi connectivity index (χ1) is 26.1. The van der Waals surface area contributed by atoms with Crippen molar-refractivity contribution in [2.24, 2.45) is 0 Å². The third-order valence-corrected chi connectivity index (χ3v) is 11.1. The fourth-order valence-electron chi connectivity index (χ4n) is 8.61. The molecule has 0 radical (unpaired) electrons. The molecule has 0 aliphatic heterocycles. The van der Waals surface area contributed by atoms with Gasteiger partial charge >= 0.3 is 0 Å². The molecule has 0 saturated carbocycles. The smallest absolute Gasteiger partial charge is 0.137 e. The second-order valence-corrected chi connectivity index (χ2v) is 14.5. The predicted molar refractivity (Wildman–Crippen MR) is 222 cm³/mol. The molecular formula is C51H37NO. The zero-order valence-corrected chi connectivity index (χ0v) is 29.8. The molecule has 0 atom stereocenters. The number of rotatable bonds is 6. The molecule has 9 aromatic rings. The van der Waals surface area contributed by atoms with Crippen molar-refractivity contribution in [3.8, 4) is 44.5 Å². The molecule has 1 aromatic heterocycles. The molecule has 1 aliphatic rings. The molecule has 1 heterocycles. The van der Waals surface area contributed by atoms with E-state index in [1.165, 1.54) is 55.6 Å². The zero-order chi connectivity index (χ0) is 35.5. The first-order valence-electron chi connectivity index (χ1n) is 18.4. The van der Waals surface area contributed by atoms with Gasteiger partial charge in [0.1, 0.15) is 11.2 Å². The van der Waals surface area contributed by atoms with Crippen LogP contribution in [0.1, 0.15) is 25.0 Å². The summed E-state index contributed by atoms with van der Waals surface area (Å²) in [4.78, 5) is 2.45. The van der Waals surface area contributed by atoms with Gasteiger partial charge < -0.3 is 9.32 Å². The van der Waals surface area contributed by atoms with Gasteiger partial charge in [0.05, 0.1) is 16.8 Å². The maximum atomic E-state index is 6.50. The molecule has 0 saturated heterocycles. The van der Waals surface area contributed by atoms with E-state index in [0.29, 0.717) is 0 Å². The molecule has 8 aromatic carbocycles. The SMILES string of the molecule is CC1(C)c2ccccc2-c2c(-c3c(-c4ccccc4)cccc3N(c3ccc(-c4ccccc4)cc3)c3cccc4oc5ccccc5c34)cccc21. The Morgan fingerprint density at radius 2 is 0.962 bits per heavy atom. The Balaban J connectivity index is 1.31. The maximum absolute atomic E-state index is 6.50. The molecular weight excluding hydrogens is 643 g/mol. The Bertz CT molecular complexity index is 2790. The highest BCUT2D eigenvalue weighted by molar-refractivity contribution is 6.14. The second-order valence-electron chi connectivity index (χ2n) is 14.5. The van der Waals surface area contributed by atoms with E-state index < -0.39 is 0 Å². The first-order valence-corrected chi connectivity index (χ1v) is 18.4. The average molecular weight is 680 g/mol. The van der Waals surface area contributed by atoms with Crippen LogP contribution in [0.3, 0.4) is 0 Å². The van der Waals surface area contributed by atoms with Crippen LogP contribution in [0.5, 0.6) is 0 Å². The van der Waals surface area contributed by atoms with Crippen molar-refractivity contribution in [1.82, 2.24) is 0 Å². The molecule has 0 fully saturated rings. The molecule has 0 spiro atoms. The molecule has 252 valence electrons. The van der Waals surface area contributed by atoms with Gasteiger partial charge in [-0.3, -0.25) is 0 Å². The van der Waals surface area contributed by atoms with Gasteiger partial charge in [-0.25, -0.2) is 0 Å². The van der Waals surface area contributed by atoms with E-state index in [9.17, 15) is 0 Å². The number of furan rings is 1. The normalized spacial score (nSPS) is 12.9. The number of hydrogen-bond donors (Lipinski definition) is 0. The van der Waals surface area contributed by atoms with Gasteiger partial charge in [-0.1, -0.05) is 166 Å². The third kappa shape index (κ3) is 4.94. The Morgan fingerprint density at radius 1 is 0.396 bits per heavy atom. The van der Waals surface area contributed by atoms with Crippen molar-refractivity contribution in [1.29, 1.82) is 0 Å². The largest absolute Gasteiger partial charge is 0.456 e. The maximum Gasteiger partial charge on any atom is 0.137 e. The summed E-state index contributed by atoms with van der Waals surface area (Å²) in [6.45, 7) is 4.72. The minimum atomic E-state index is -0.127.